The molecule has 21 heavy (non-hydrogen) atoms. The van der Waals surface area contributed by atoms with Crippen molar-refractivity contribution in [3.05, 3.63) is 21.6 Å². The maximum absolute atomic E-state index is 12.5. The molecule has 0 aliphatic carbocycles. The molecule has 0 bridgehead atoms. The van der Waals surface area contributed by atoms with E-state index in [-0.39, 0.29) is 27.9 Å². The first-order valence-corrected chi connectivity index (χ1v) is 8.36. The molecule has 1 aromatic carbocycles. The summed E-state index contributed by atoms with van der Waals surface area (Å²) in [7, 11) is 0. The molecule has 1 fully saturated rings. The minimum Gasteiger partial charge on any atom is -0.431 e. The third-order valence-electron chi connectivity index (χ3n) is 2.71. The van der Waals surface area contributed by atoms with Crippen molar-refractivity contribution in [2.75, 3.05) is 23.4 Å². The third-order valence-corrected chi connectivity index (χ3v) is 4.58. The molecule has 4 nitrogen and oxygen atoms in total. The van der Waals surface area contributed by atoms with Crippen LogP contribution in [-0.4, -0.2) is 36.6 Å². The van der Waals surface area contributed by atoms with E-state index in [4.69, 9.17) is 11.6 Å². The van der Waals surface area contributed by atoms with Crippen LogP contribution in [0.4, 0.5) is 14.5 Å². The lowest BCUT2D eigenvalue weighted by Crippen LogP contribution is -2.46. The number of hydrogen-bond acceptors (Lipinski definition) is 4. The Morgan fingerprint density at radius 1 is 1.57 bits per heavy atom. The molecule has 0 radical (unpaired) electrons. The van der Waals surface area contributed by atoms with Crippen molar-refractivity contribution in [1.29, 1.82) is 0 Å². The fourth-order valence-corrected chi connectivity index (χ4v) is 3.65. The van der Waals surface area contributed by atoms with Crippen LogP contribution in [-0.2, 0) is 4.79 Å². The van der Waals surface area contributed by atoms with Gasteiger partial charge in [0.2, 0.25) is 5.91 Å². The summed E-state index contributed by atoms with van der Waals surface area (Å²) >= 11 is 10.6. The topological polar surface area (TPSA) is 50.4 Å². The van der Waals surface area contributed by atoms with E-state index in [2.05, 4.69) is 31.3 Å². The standard InChI is InChI=1S/C12H12BrClF2N2O2S/c13-7-3-6(14)4-8(10(7)20-12(15)16)18-11(19)9-5-21-2-1-17-9/h3-4,9,12,17H,1-2,5H2,(H,18,19). The van der Waals surface area contributed by atoms with Crippen molar-refractivity contribution in [2.24, 2.45) is 0 Å². The number of rotatable bonds is 4. The number of amides is 1. The number of alkyl halides is 2. The van der Waals surface area contributed by atoms with Crippen LogP contribution in [0.15, 0.2) is 16.6 Å². The molecule has 116 valence electrons. The number of thioether (sulfide) groups is 1. The second-order valence-corrected chi connectivity index (χ2v) is 6.65. The van der Waals surface area contributed by atoms with E-state index in [0.29, 0.717) is 10.8 Å². The molecule has 1 amide bonds. The minimum absolute atomic E-state index is 0.108. The lowest BCUT2D eigenvalue weighted by atomic mass is 10.2. The van der Waals surface area contributed by atoms with Crippen LogP contribution in [0.1, 0.15) is 0 Å². The predicted molar refractivity (Wildman–Crippen MR) is 83.5 cm³/mol. The summed E-state index contributed by atoms with van der Waals surface area (Å²) in [5, 5.41) is 5.94. The van der Waals surface area contributed by atoms with Crippen LogP contribution in [0, 0.1) is 0 Å². The molecule has 0 aromatic heterocycles. The molecule has 1 saturated heterocycles. The van der Waals surface area contributed by atoms with Gasteiger partial charge in [0, 0.05) is 23.1 Å². The van der Waals surface area contributed by atoms with Gasteiger partial charge < -0.3 is 15.4 Å². The molecule has 2 N–H and O–H groups in total. The molecular weight excluding hydrogens is 390 g/mol. The molecular formula is C12H12BrClF2N2O2S. The van der Waals surface area contributed by atoms with Gasteiger partial charge in [-0.05, 0) is 28.1 Å². The summed E-state index contributed by atoms with van der Waals surface area (Å²) in [5.74, 6) is 1.10. The number of benzene rings is 1. The Morgan fingerprint density at radius 3 is 2.95 bits per heavy atom. The maximum Gasteiger partial charge on any atom is 0.387 e. The SMILES string of the molecule is O=C(Nc1cc(Cl)cc(Br)c1OC(F)F)C1CSCCN1. The Kier molecular flexibility index (Phi) is 6.09. The van der Waals surface area contributed by atoms with Crippen LogP contribution in [0.2, 0.25) is 5.02 Å². The lowest BCUT2D eigenvalue weighted by molar-refractivity contribution is -0.117. The van der Waals surface area contributed by atoms with Crippen LogP contribution in [0.25, 0.3) is 0 Å². The summed E-state index contributed by atoms with van der Waals surface area (Å²) in [5.41, 5.74) is 0.108. The number of carbonyl (C=O) groups is 1. The second-order valence-electron chi connectivity index (χ2n) is 4.21. The molecule has 0 spiro atoms. The third kappa shape index (κ3) is 4.70. The average molecular weight is 402 g/mol. The van der Waals surface area contributed by atoms with Crippen LogP contribution in [0.5, 0.6) is 5.75 Å². The van der Waals surface area contributed by atoms with Crippen LogP contribution in [0.3, 0.4) is 0 Å². The number of nitrogens with one attached hydrogen (secondary N) is 2. The predicted octanol–water partition coefficient (Wildman–Crippen LogP) is 3.35. The number of anilines is 1. The van der Waals surface area contributed by atoms with Gasteiger partial charge in [0.15, 0.2) is 5.75 Å². The largest absolute Gasteiger partial charge is 0.431 e. The Morgan fingerprint density at radius 2 is 2.33 bits per heavy atom. The van der Waals surface area contributed by atoms with Gasteiger partial charge in [-0.15, -0.1) is 0 Å². The highest BCUT2D eigenvalue weighted by molar-refractivity contribution is 9.10. The molecule has 1 aliphatic rings. The van der Waals surface area contributed by atoms with Crippen molar-refractivity contribution >= 4 is 50.9 Å². The fraction of sp³-hybridized carbons (Fsp3) is 0.417. The van der Waals surface area contributed by atoms with Crippen molar-refractivity contribution in [1.82, 2.24) is 5.32 Å². The zero-order chi connectivity index (χ0) is 15.4. The van der Waals surface area contributed by atoms with E-state index in [1.54, 1.807) is 11.8 Å². The summed E-state index contributed by atoms with van der Waals surface area (Å²) in [6.45, 7) is -2.27. The number of ether oxygens (including phenoxy) is 1. The monoisotopic (exact) mass is 400 g/mol. The number of hydrogen-bond donors (Lipinski definition) is 2. The van der Waals surface area contributed by atoms with Gasteiger partial charge in [0.25, 0.3) is 0 Å². The normalized spacial score (nSPS) is 18.6. The van der Waals surface area contributed by atoms with E-state index in [1.165, 1.54) is 12.1 Å². The quantitative estimate of drug-likeness (QED) is 0.812. The molecule has 2 rings (SSSR count). The molecule has 1 aliphatic heterocycles. The highest BCUT2D eigenvalue weighted by Crippen LogP contribution is 2.37. The first-order chi connectivity index (χ1) is 9.97. The Bertz CT molecular complexity index is 530. The minimum atomic E-state index is -3.00. The number of carbonyl (C=O) groups excluding carboxylic acids is 1. The first-order valence-electron chi connectivity index (χ1n) is 6.03. The maximum atomic E-state index is 12.5. The van der Waals surface area contributed by atoms with Crippen molar-refractivity contribution in [3.8, 4) is 5.75 Å². The fourth-order valence-electron chi connectivity index (χ4n) is 1.82. The second kappa shape index (κ2) is 7.62. The summed E-state index contributed by atoms with van der Waals surface area (Å²) in [4.78, 5) is 12.1. The van der Waals surface area contributed by atoms with Gasteiger partial charge in [-0.1, -0.05) is 11.6 Å². The van der Waals surface area contributed by atoms with Crippen LogP contribution < -0.4 is 15.4 Å². The zero-order valence-corrected chi connectivity index (χ0v) is 13.8. The van der Waals surface area contributed by atoms with E-state index in [1.807, 2.05) is 0 Å². The molecule has 1 heterocycles. The zero-order valence-electron chi connectivity index (χ0n) is 10.7. The van der Waals surface area contributed by atoms with Gasteiger partial charge >= 0.3 is 6.61 Å². The number of halogens is 4. The molecule has 1 unspecified atom stereocenters. The molecule has 1 aromatic rings. The average Bonchev–Trinajstić information content (AvgIpc) is 2.43. The van der Waals surface area contributed by atoms with Gasteiger partial charge in [0.05, 0.1) is 16.2 Å². The van der Waals surface area contributed by atoms with Gasteiger partial charge in [-0.2, -0.15) is 20.5 Å². The van der Waals surface area contributed by atoms with Crippen molar-refractivity contribution in [2.45, 2.75) is 12.7 Å². The Balaban J connectivity index is 2.19. The summed E-state index contributed by atoms with van der Waals surface area (Å²) in [6, 6.07) is 2.42. The molecule has 0 saturated carbocycles. The first kappa shape index (κ1) is 16.8. The highest BCUT2D eigenvalue weighted by Gasteiger charge is 2.23. The van der Waals surface area contributed by atoms with Crippen molar-refractivity contribution < 1.29 is 18.3 Å². The lowest BCUT2D eigenvalue weighted by Gasteiger charge is -2.23. The van der Waals surface area contributed by atoms with E-state index in [9.17, 15) is 13.6 Å². The summed E-state index contributed by atoms with van der Waals surface area (Å²) < 4.78 is 29.6. The molecule has 9 heteroatoms. The van der Waals surface area contributed by atoms with Gasteiger partial charge in [-0.25, -0.2) is 0 Å². The van der Waals surface area contributed by atoms with E-state index >= 15 is 0 Å². The molecule has 1 atom stereocenters. The van der Waals surface area contributed by atoms with Gasteiger partial charge in [-0.3, -0.25) is 4.79 Å². The van der Waals surface area contributed by atoms with Gasteiger partial charge in [0.1, 0.15) is 0 Å². The highest BCUT2D eigenvalue weighted by atomic mass is 79.9. The van der Waals surface area contributed by atoms with E-state index < -0.39 is 6.61 Å². The van der Waals surface area contributed by atoms with Crippen LogP contribution >= 0.6 is 39.3 Å². The van der Waals surface area contributed by atoms with E-state index in [0.717, 1.165) is 12.3 Å². The van der Waals surface area contributed by atoms with Crippen molar-refractivity contribution in [3.63, 3.8) is 0 Å². The summed E-state index contributed by atoms with van der Waals surface area (Å²) in [6.07, 6.45) is 0. The Hall–Kier alpha value is -0.570. The smallest absolute Gasteiger partial charge is 0.387 e. The Labute approximate surface area is 138 Å².